The van der Waals surface area contributed by atoms with Crippen molar-refractivity contribution in [3.63, 3.8) is 0 Å². The number of hydrogen-bond donors (Lipinski definition) is 1. The summed E-state index contributed by atoms with van der Waals surface area (Å²) in [5, 5.41) is 9.53. The van der Waals surface area contributed by atoms with E-state index in [0.29, 0.717) is 33.9 Å². The van der Waals surface area contributed by atoms with Crippen molar-refractivity contribution in [3.8, 4) is 17.6 Å². The largest absolute Gasteiger partial charge is 0.497 e. The van der Waals surface area contributed by atoms with Crippen LogP contribution in [-0.4, -0.2) is 37.6 Å². The number of benzene rings is 1. The first-order chi connectivity index (χ1) is 13.4. The average molecular weight is 382 g/mol. The van der Waals surface area contributed by atoms with Crippen molar-refractivity contribution in [1.82, 2.24) is 4.98 Å². The number of methoxy groups -OCH3 is 2. The Balaban J connectivity index is 2.48. The molecule has 146 valence electrons. The third-order valence-corrected chi connectivity index (χ3v) is 4.25. The van der Waals surface area contributed by atoms with E-state index in [0.717, 1.165) is 0 Å². The summed E-state index contributed by atoms with van der Waals surface area (Å²) in [6.07, 6.45) is 1.44. The summed E-state index contributed by atoms with van der Waals surface area (Å²) in [4.78, 5) is 28.0. The van der Waals surface area contributed by atoms with Gasteiger partial charge in [-0.3, -0.25) is 4.79 Å². The molecule has 1 heterocycles. The summed E-state index contributed by atoms with van der Waals surface area (Å²) in [5.41, 5.74) is 1.91. The minimum Gasteiger partial charge on any atom is -0.497 e. The number of ketones is 1. The van der Waals surface area contributed by atoms with Gasteiger partial charge in [0.1, 0.15) is 23.1 Å². The van der Waals surface area contributed by atoms with Gasteiger partial charge in [0, 0.05) is 17.3 Å². The van der Waals surface area contributed by atoms with Crippen LogP contribution in [-0.2, 0) is 4.74 Å². The number of aromatic amines is 1. The molecule has 0 aliphatic heterocycles. The van der Waals surface area contributed by atoms with Gasteiger partial charge in [0.2, 0.25) is 5.78 Å². The van der Waals surface area contributed by atoms with Crippen LogP contribution in [0.5, 0.6) is 11.5 Å². The zero-order valence-corrected chi connectivity index (χ0v) is 16.5. The molecule has 1 aromatic carbocycles. The predicted molar refractivity (Wildman–Crippen MR) is 104 cm³/mol. The summed E-state index contributed by atoms with van der Waals surface area (Å²) in [5.74, 6) is 0.0314. The Labute approximate surface area is 163 Å². The molecule has 0 fully saturated rings. The van der Waals surface area contributed by atoms with Gasteiger partial charge >= 0.3 is 5.97 Å². The van der Waals surface area contributed by atoms with E-state index in [4.69, 9.17) is 14.2 Å². The van der Waals surface area contributed by atoms with Gasteiger partial charge in [-0.15, -0.1) is 0 Å². The van der Waals surface area contributed by atoms with Crippen LogP contribution in [0.2, 0.25) is 0 Å². The zero-order valence-electron chi connectivity index (χ0n) is 16.5. The Bertz CT molecular complexity index is 979. The molecule has 0 atom stereocenters. The number of nitrogens with one attached hydrogen (secondary N) is 1. The standard InChI is InChI=1S/C21H22N2O5/c1-6-28-21(25)18-12(2)19(23-13(18)3)20(24)15(11-22)9-14-7-8-16(26-4)10-17(14)27-5/h7-10,23H,6H2,1-5H3/b15-9+. The molecule has 2 rings (SSSR count). The molecule has 0 radical (unpaired) electrons. The molecule has 0 amide bonds. The van der Waals surface area contributed by atoms with Gasteiger partial charge in [-0.05, 0) is 44.5 Å². The molecule has 2 aromatic rings. The number of aromatic nitrogens is 1. The summed E-state index contributed by atoms with van der Waals surface area (Å²) in [6, 6.07) is 6.99. The Morgan fingerprint density at radius 2 is 1.93 bits per heavy atom. The highest BCUT2D eigenvalue weighted by atomic mass is 16.5. The molecule has 0 unspecified atom stereocenters. The molecular weight excluding hydrogens is 360 g/mol. The molecule has 0 saturated carbocycles. The minimum absolute atomic E-state index is 0.0942. The maximum Gasteiger partial charge on any atom is 0.340 e. The highest BCUT2D eigenvalue weighted by Gasteiger charge is 2.25. The number of esters is 1. The SMILES string of the molecule is CCOC(=O)c1c(C)[nH]c(C(=O)/C(C#N)=C/c2ccc(OC)cc2OC)c1C. The Morgan fingerprint density at radius 3 is 2.50 bits per heavy atom. The summed E-state index contributed by atoms with van der Waals surface area (Å²) < 4.78 is 15.5. The van der Waals surface area contributed by atoms with E-state index in [-0.39, 0.29) is 17.9 Å². The Kier molecular flexibility index (Phi) is 6.61. The van der Waals surface area contributed by atoms with Crippen molar-refractivity contribution in [2.45, 2.75) is 20.8 Å². The number of nitrogens with zero attached hydrogens (tertiary/aromatic N) is 1. The van der Waals surface area contributed by atoms with Gasteiger partial charge in [0.15, 0.2) is 0 Å². The lowest BCUT2D eigenvalue weighted by atomic mass is 10.0. The lowest BCUT2D eigenvalue weighted by Crippen LogP contribution is -2.08. The van der Waals surface area contributed by atoms with Gasteiger partial charge < -0.3 is 19.2 Å². The molecule has 7 heteroatoms. The van der Waals surface area contributed by atoms with E-state index >= 15 is 0 Å². The zero-order chi connectivity index (χ0) is 20.8. The van der Waals surface area contributed by atoms with Crippen molar-refractivity contribution in [2.24, 2.45) is 0 Å². The van der Waals surface area contributed by atoms with Crippen LogP contribution < -0.4 is 9.47 Å². The normalized spacial score (nSPS) is 10.9. The number of nitriles is 1. The topological polar surface area (TPSA) is 101 Å². The number of H-pyrrole nitrogens is 1. The van der Waals surface area contributed by atoms with Crippen LogP contribution >= 0.6 is 0 Å². The molecular formula is C21H22N2O5. The molecule has 1 aromatic heterocycles. The molecule has 28 heavy (non-hydrogen) atoms. The minimum atomic E-state index is -0.517. The average Bonchev–Trinajstić information content (AvgIpc) is 2.99. The summed E-state index contributed by atoms with van der Waals surface area (Å²) in [7, 11) is 3.02. The van der Waals surface area contributed by atoms with Crippen molar-refractivity contribution >= 4 is 17.8 Å². The Hall–Kier alpha value is -3.53. The van der Waals surface area contributed by atoms with Crippen LogP contribution in [0, 0.1) is 25.2 Å². The molecule has 0 spiro atoms. The molecule has 0 saturated heterocycles. The van der Waals surface area contributed by atoms with Crippen molar-refractivity contribution < 1.29 is 23.8 Å². The second-order valence-electron chi connectivity index (χ2n) is 5.95. The van der Waals surface area contributed by atoms with E-state index < -0.39 is 11.8 Å². The second kappa shape index (κ2) is 8.91. The number of carbonyl (C=O) groups is 2. The van der Waals surface area contributed by atoms with Crippen molar-refractivity contribution in [1.29, 1.82) is 5.26 Å². The number of rotatable bonds is 7. The third-order valence-electron chi connectivity index (χ3n) is 4.25. The van der Waals surface area contributed by atoms with E-state index in [1.165, 1.54) is 20.3 Å². The van der Waals surface area contributed by atoms with Crippen molar-refractivity contribution in [3.05, 3.63) is 51.9 Å². The second-order valence-corrected chi connectivity index (χ2v) is 5.95. The van der Waals surface area contributed by atoms with Gasteiger partial charge in [-0.2, -0.15) is 5.26 Å². The molecule has 7 nitrogen and oxygen atoms in total. The third kappa shape index (κ3) is 4.07. The predicted octanol–water partition coefficient (Wildman–Crippen LogP) is 3.62. The number of carbonyl (C=O) groups excluding carboxylic acids is 2. The molecule has 0 aliphatic rings. The number of hydrogen-bond acceptors (Lipinski definition) is 6. The summed E-state index contributed by atoms with van der Waals surface area (Å²) >= 11 is 0. The van der Waals surface area contributed by atoms with E-state index in [1.807, 2.05) is 6.07 Å². The Morgan fingerprint density at radius 1 is 1.21 bits per heavy atom. The van der Waals surface area contributed by atoms with Gasteiger partial charge in [0.25, 0.3) is 0 Å². The van der Waals surface area contributed by atoms with Crippen LogP contribution in [0.3, 0.4) is 0 Å². The highest BCUT2D eigenvalue weighted by molar-refractivity contribution is 6.15. The van der Waals surface area contributed by atoms with Gasteiger partial charge in [-0.1, -0.05) is 0 Å². The van der Waals surface area contributed by atoms with Gasteiger partial charge in [0.05, 0.1) is 32.1 Å². The first-order valence-electron chi connectivity index (χ1n) is 8.62. The molecule has 1 N–H and O–H groups in total. The smallest absolute Gasteiger partial charge is 0.340 e. The van der Waals surface area contributed by atoms with Gasteiger partial charge in [-0.25, -0.2) is 4.79 Å². The molecule has 0 aliphatic carbocycles. The summed E-state index contributed by atoms with van der Waals surface area (Å²) in [6.45, 7) is 5.26. The fourth-order valence-electron chi connectivity index (χ4n) is 2.86. The quantitative estimate of drug-likeness (QED) is 0.340. The van der Waals surface area contributed by atoms with E-state index in [9.17, 15) is 14.9 Å². The van der Waals surface area contributed by atoms with E-state index in [1.54, 1.807) is 39.0 Å². The fraction of sp³-hybridized carbons (Fsp3) is 0.286. The lowest BCUT2D eigenvalue weighted by Gasteiger charge is -2.08. The highest BCUT2D eigenvalue weighted by Crippen LogP contribution is 2.28. The van der Waals surface area contributed by atoms with Crippen LogP contribution in [0.25, 0.3) is 6.08 Å². The van der Waals surface area contributed by atoms with Crippen LogP contribution in [0.4, 0.5) is 0 Å². The lowest BCUT2D eigenvalue weighted by molar-refractivity contribution is 0.0525. The number of Topliss-reactive ketones (excluding diaryl/α,β-unsaturated/α-hetero) is 1. The first kappa shape index (κ1) is 20.8. The maximum atomic E-state index is 12.9. The maximum absolute atomic E-state index is 12.9. The first-order valence-corrected chi connectivity index (χ1v) is 8.62. The fourth-order valence-corrected chi connectivity index (χ4v) is 2.86. The van der Waals surface area contributed by atoms with Crippen molar-refractivity contribution in [2.75, 3.05) is 20.8 Å². The number of aryl methyl sites for hydroxylation is 1. The number of ether oxygens (including phenoxy) is 3. The molecule has 0 bridgehead atoms. The van der Waals surface area contributed by atoms with Crippen LogP contribution in [0.15, 0.2) is 23.8 Å². The van der Waals surface area contributed by atoms with E-state index in [2.05, 4.69) is 4.98 Å². The number of allylic oxidation sites excluding steroid dienone is 1. The van der Waals surface area contributed by atoms with Crippen LogP contribution in [0.1, 0.15) is 44.6 Å². The monoisotopic (exact) mass is 382 g/mol.